The maximum atomic E-state index is 14.3. The Morgan fingerprint density at radius 1 is 0.906 bits per heavy atom. The molecule has 1 aliphatic rings. The number of H-pyrrole nitrogens is 1. The lowest BCUT2D eigenvalue weighted by molar-refractivity contribution is 0.101. The summed E-state index contributed by atoms with van der Waals surface area (Å²) in [6, 6.07) is 12.2. The first kappa shape index (κ1) is 19.6. The van der Waals surface area contributed by atoms with Gasteiger partial charge >= 0.3 is 0 Å². The molecule has 5 rings (SSSR count). The second-order valence-corrected chi connectivity index (χ2v) is 7.10. The fraction of sp³-hybridized carbons (Fsp3) is 0.0870. The number of halogens is 1. The van der Waals surface area contributed by atoms with E-state index >= 15 is 0 Å². The van der Waals surface area contributed by atoms with Crippen LogP contribution in [-0.2, 0) is 0 Å². The van der Waals surface area contributed by atoms with Gasteiger partial charge in [0.1, 0.15) is 24.7 Å². The van der Waals surface area contributed by atoms with E-state index in [9.17, 15) is 14.0 Å². The minimum Gasteiger partial charge on any atom is -0.486 e. The zero-order valence-corrected chi connectivity index (χ0v) is 16.6. The topological polar surface area (TPSA) is 105 Å². The number of hydrogen-bond donors (Lipinski definition) is 3. The van der Waals surface area contributed by atoms with Crippen molar-refractivity contribution in [3.8, 4) is 11.5 Å². The molecule has 0 bridgehead atoms. The lowest BCUT2D eigenvalue weighted by Crippen LogP contribution is -2.17. The third-order valence-corrected chi connectivity index (χ3v) is 4.94. The van der Waals surface area contributed by atoms with E-state index in [-0.39, 0.29) is 11.3 Å². The van der Waals surface area contributed by atoms with Crippen LogP contribution in [0.4, 0.5) is 15.8 Å². The number of nitrogens with zero attached hydrogens (tertiary/aromatic N) is 1. The van der Waals surface area contributed by atoms with Gasteiger partial charge in [0.15, 0.2) is 11.5 Å². The van der Waals surface area contributed by atoms with Crippen LogP contribution in [0, 0.1) is 5.82 Å². The fourth-order valence-corrected chi connectivity index (χ4v) is 3.35. The van der Waals surface area contributed by atoms with Gasteiger partial charge in [-0.15, -0.1) is 0 Å². The first-order valence-electron chi connectivity index (χ1n) is 9.82. The summed E-state index contributed by atoms with van der Waals surface area (Å²) in [6.07, 6.45) is 3.12. The average molecular weight is 432 g/mol. The summed E-state index contributed by atoms with van der Waals surface area (Å²) >= 11 is 0. The molecule has 3 heterocycles. The zero-order chi connectivity index (χ0) is 22.1. The van der Waals surface area contributed by atoms with Crippen LogP contribution in [0.3, 0.4) is 0 Å². The number of aromatic nitrogens is 2. The smallest absolute Gasteiger partial charge is 0.257 e. The van der Waals surface area contributed by atoms with Crippen molar-refractivity contribution in [2.45, 2.75) is 0 Å². The van der Waals surface area contributed by atoms with Gasteiger partial charge in [0, 0.05) is 29.0 Å². The van der Waals surface area contributed by atoms with Gasteiger partial charge in [0.2, 0.25) is 0 Å². The standard InChI is InChI=1S/C23H17FN4O4/c24-17-3-2-16(27-22(29)14-1-4-19-20(10-14)32-8-7-31-19)11-18(17)28-23(30)15-9-13-5-6-25-21(13)26-12-15/h1-6,9-12H,7-8H2,(H,25,26)(H,27,29)(H,28,30). The summed E-state index contributed by atoms with van der Waals surface area (Å²) in [6.45, 7) is 0.864. The highest BCUT2D eigenvalue weighted by Gasteiger charge is 2.16. The predicted octanol–water partition coefficient (Wildman–Crippen LogP) is 3.98. The third kappa shape index (κ3) is 3.83. The highest BCUT2D eigenvalue weighted by Crippen LogP contribution is 2.31. The van der Waals surface area contributed by atoms with Crippen LogP contribution >= 0.6 is 0 Å². The van der Waals surface area contributed by atoms with Crippen LogP contribution in [0.5, 0.6) is 11.5 Å². The van der Waals surface area contributed by atoms with E-state index in [4.69, 9.17) is 9.47 Å². The highest BCUT2D eigenvalue weighted by atomic mass is 19.1. The summed E-state index contributed by atoms with van der Waals surface area (Å²) in [5, 5.41) is 5.98. The van der Waals surface area contributed by atoms with E-state index in [1.165, 1.54) is 24.4 Å². The molecule has 2 aromatic carbocycles. The van der Waals surface area contributed by atoms with Gasteiger partial charge in [0.05, 0.1) is 11.3 Å². The quantitative estimate of drug-likeness (QED) is 0.452. The minimum absolute atomic E-state index is 0.0656. The van der Waals surface area contributed by atoms with Crippen molar-refractivity contribution in [2.24, 2.45) is 0 Å². The summed E-state index contributed by atoms with van der Waals surface area (Å²) < 4.78 is 25.3. The monoisotopic (exact) mass is 432 g/mol. The number of hydrogen-bond acceptors (Lipinski definition) is 5. The van der Waals surface area contributed by atoms with Crippen LogP contribution < -0.4 is 20.1 Å². The van der Waals surface area contributed by atoms with Crippen molar-refractivity contribution in [1.82, 2.24) is 9.97 Å². The van der Waals surface area contributed by atoms with E-state index in [1.807, 2.05) is 0 Å². The number of carbonyl (C=O) groups excluding carboxylic acids is 2. The van der Waals surface area contributed by atoms with Crippen molar-refractivity contribution in [2.75, 3.05) is 23.8 Å². The fourth-order valence-electron chi connectivity index (χ4n) is 3.35. The molecule has 0 saturated heterocycles. The van der Waals surface area contributed by atoms with Gasteiger partial charge < -0.3 is 25.1 Å². The van der Waals surface area contributed by atoms with Gasteiger partial charge in [-0.25, -0.2) is 9.37 Å². The van der Waals surface area contributed by atoms with Gasteiger partial charge in [-0.3, -0.25) is 9.59 Å². The lowest BCUT2D eigenvalue weighted by Gasteiger charge is -2.18. The molecule has 0 fully saturated rings. The molecule has 32 heavy (non-hydrogen) atoms. The summed E-state index contributed by atoms with van der Waals surface area (Å²) in [7, 11) is 0. The van der Waals surface area contributed by atoms with Gasteiger partial charge in [-0.2, -0.15) is 0 Å². The molecule has 0 atom stereocenters. The van der Waals surface area contributed by atoms with Crippen molar-refractivity contribution in [3.05, 3.63) is 77.9 Å². The molecular weight excluding hydrogens is 415 g/mol. The molecule has 2 amide bonds. The number of carbonyl (C=O) groups is 2. The lowest BCUT2D eigenvalue weighted by atomic mass is 10.1. The maximum absolute atomic E-state index is 14.3. The van der Waals surface area contributed by atoms with Crippen molar-refractivity contribution in [1.29, 1.82) is 0 Å². The van der Waals surface area contributed by atoms with E-state index < -0.39 is 17.6 Å². The largest absolute Gasteiger partial charge is 0.486 e. The number of rotatable bonds is 4. The Morgan fingerprint density at radius 2 is 1.72 bits per heavy atom. The number of aromatic amines is 1. The Balaban J connectivity index is 1.33. The predicted molar refractivity (Wildman–Crippen MR) is 116 cm³/mol. The Labute approximate surface area is 181 Å². The Kier molecular flexibility index (Phi) is 4.91. The molecule has 3 N–H and O–H groups in total. The number of nitrogens with one attached hydrogen (secondary N) is 3. The van der Waals surface area contributed by atoms with E-state index in [0.717, 1.165) is 5.39 Å². The number of benzene rings is 2. The minimum atomic E-state index is -0.633. The van der Waals surface area contributed by atoms with Crippen molar-refractivity contribution >= 4 is 34.2 Å². The van der Waals surface area contributed by atoms with Gasteiger partial charge in [-0.05, 0) is 48.5 Å². The van der Waals surface area contributed by atoms with E-state index in [1.54, 1.807) is 36.5 Å². The van der Waals surface area contributed by atoms with Crippen LogP contribution in [0.2, 0.25) is 0 Å². The SMILES string of the molecule is O=C(Nc1ccc(F)c(NC(=O)c2cnc3[nH]ccc3c2)c1)c1ccc2c(c1)OCCO2. The Bertz CT molecular complexity index is 1350. The number of ether oxygens (including phenoxy) is 2. The molecular formula is C23H17FN4O4. The normalized spacial score (nSPS) is 12.4. The molecule has 0 aliphatic carbocycles. The number of pyridine rings is 1. The molecule has 4 aromatic rings. The van der Waals surface area contributed by atoms with Crippen LogP contribution in [0.15, 0.2) is 60.9 Å². The summed E-state index contributed by atoms with van der Waals surface area (Å²) in [4.78, 5) is 32.3. The second-order valence-electron chi connectivity index (χ2n) is 7.10. The highest BCUT2D eigenvalue weighted by molar-refractivity contribution is 6.07. The first-order chi connectivity index (χ1) is 15.6. The molecule has 0 unspecified atom stereocenters. The van der Waals surface area contributed by atoms with Crippen molar-refractivity contribution < 1.29 is 23.5 Å². The van der Waals surface area contributed by atoms with E-state index in [0.29, 0.717) is 41.6 Å². The summed E-state index contributed by atoms with van der Waals surface area (Å²) in [5.74, 6) is -0.495. The average Bonchev–Trinajstić information content (AvgIpc) is 3.29. The number of anilines is 2. The van der Waals surface area contributed by atoms with Crippen LogP contribution in [0.25, 0.3) is 11.0 Å². The molecule has 9 heteroatoms. The van der Waals surface area contributed by atoms with Crippen molar-refractivity contribution in [3.63, 3.8) is 0 Å². The Hall–Kier alpha value is -4.40. The van der Waals surface area contributed by atoms with E-state index in [2.05, 4.69) is 20.6 Å². The van der Waals surface area contributed by atoms with Gasteiger partial charge in [-0.1, -0.05) is 0 Å². The maximum Gasteiger partial charge on any atom is 0.257 e. The number of fused-ring (bicyclic) bond motifs is 2. The third-order valence-electron chi connectivity index (χ3n) is 4.94. The molecule has 160 valence electrons. The van der Waals surface area contributed by atoms with Crippen LogP contribution in [-0.4, -0.2) is 35.0 Å². The molecule has 8 nitrogen and oxygen atoms in total. The first-order valence-corrected chi connectivity index (χ1v) is 9.82. The summed E-state index contributed by atoms with van der Waals surface area (Å²) in [5.41, 5.74) is 1.54. The second kappa shape index (κ2) is 8.03. The Morgan fingerprint density at radius 3 is 2.59 bits per heavy atom. The molecule has 0 saturated carbocycles. The molecule has 0 radical (unpaired) electrons. The van der Waals surface area contributed by atoms with Gasteiger partial charge in [0.25, 0.3) is 11.8 Å². The molecule has 0 spiro atoms. The number of amides is 2. The van der Waals surface area contributed by atoms with Crippen LogP contribution in [0.1, 0.15) is 20.7 Å². The molecule has 2 aromatic heterocycles. The molecule has 1 aliphatic heterocycles. The zero-order valence-electron chi connectivity index (χ0n) is 16.6.